The topological polar surface area (TPSA) is 117 Å². The van der Waals surface area contributed by atoms with Gasteiger partial charge in [-0.3, -0.25) is 0 Å². The molecule has 8 heteroatoms. The van der Waals surface area contributed by atoms with Gasteiger partial charge in [-0.2, -0.15) is 0 Å². The summed E-state index contributed by atoms with van der Waals surface area (Å²) in [5, 5.41) is 23.0. The number of hydrogen-bond donors (Lipinski definition) is 2. The number of aliphatic hydroxyl groups is 2. The van der Waals surface area contributed by atoms with Crippen LogP contribution in [0.25, 0.3) is 10.4 Å². The highest BCUT2D eigenvalue weighted by atomic mass is 16.8. The van der Waals surface area contributed by atoms with Gasteiger partial charge in [-0.05, 0) is 19.4 Å². The Kier molecular flexibility index (Phi) is 3.26. The van der Waals surface area contributed by atoms with E-state index in [1.54, 1.807) is 13.8 Å². The lowest BCUT2D eigenvalue weighted by molar-refractivity contribution is -0.247. The van der Waals surface area contributed by atoms with E-state index in [-0.39, 0.29) is 6.54 Å². The first-order valence-electron chi connectivity index (χ1n) is 5.33. The molecule has 2 saturated heterocycles. The highest BCUT2D eigenvalue weighted by molar-refractivity contribution is 4.94. The Morgan fingerprint density at radius 1 is 1.29 bits per heavy atom. The number of rotatable bonds is 2. The second-order valence-corrected chi connectivity index (χ2v) is 4.54. The zero-order valence-corrected chi connectivity index (χ0v) is 9.55. The minimum absolute atomic E-state index is 0.0677. The Morgan fingerprint density at radius 2 is 2.00 bits per heavy atom. The minimum Gasteiger partial charge on any atom is -0.388 e. The molecule has 8 nitrogen and oxygen atoms in total. The molecular formula is C9H15N3O5. The third-order valence-corrected chi connectivity index (χ3v) is 2.79. The summed E-state index contributed by atoms with van der Waals surface area (Å²) in [4.78, 5) is 2.58. The van der Waals surface area contributed by atoms with Gasteiger partial charge in [-0.25, -0.2) is 0 Å². The maximum Gasteiger partial charge on any atom is 0.190 e. The summed E-state index contributed by atoms with van der Waals surface area (Å²) < 4.78 is 16.3. The molecule has 96 valence electrons. The Labute approximate surface area is 97.7 Å². The highest BCUT2D eigenvalue weighted by Gasteiger charge is 2.53. The van der Waals surface area contributed by atoms with E-state index in [1.807, 2.05) is 0 Å². The monoisotopic (exact) mass is 245 g/mol. The molecule has 0 aromatic heterocycles. The van der Waals surface area contributed by atoms with Gasteiger partial charge < -0.3 is 24.4 Å². The van der Waals surface area contributed by atoms with Crippen LogP contribution in [0.1, 0.15) is 13.8 Å². The molecule has 0 saturated carbocycles. The summed E-state index contributed by atoms with van der Waals surface area (Å²) in [6.45, 7) is 3.31. The van der Waals surface area contributed by atoms with Crippen molar-refractivity contribution >= 4 is 0 Å². The van der Waals surface area contributed by atoms with Crippen LogP contribution in [-0.2, 0) is 14.2 Å². The fourth-order valence-electron chi connectivity index (χ4n) is 2.03. The fraction of sp³-hybridized carbons (Fsp3) is 1.00. The number of hydrogen-bond acceptors (Lipinski definition) is 6. The van der Waals surface area contributed by atoms with E-state index in [0.29, 0.717) is 0 Å². The van der Waals surface area contributed by atoms with Crippen molar-refractivity contribution in [2.45, 2.75) is 50.3 Å². The standard InChI is InChI=1S/C9H15N3O5/c1-9(2)16-7-6(14)5(13)4(3-11-12-10)15-8(7)17-9/h4-8,13-14H,3H2,1-2H3/t4-,5-,6+,7-,8-/m1/s1. The summed E-state index contributed by atoms with van der Waals surface area (Å²) >= 11 is 0. The molecule has 5 atom stereocenters. The number of nitrogens with zero attached hydrogens (tertiary/aromatic N) is 3. The Balaban J connectivity index is 2.10. The summed E-state index contributed by atoms with van der Waals surface area (Å²) in [5.74, 6) is -0.872. The predicted molar refractivity (Wildman–Crippen MR) is 54.7 cm³/mol. The van der Waals surface area contributed by atoms with E-state index in [4.69, 9.17) is 19.7 Å². The first kappa shape index (κ1) is 12.6. The number of fused-ring (bicyclic) bond motifs is 1. The average molecular weight is 245 g/mol. The SMILES string of the molecule is CC1(C)O[C@H]2O[C@H](CN=[N+]=[N-])[C@@H](O)[C@H](O)[C@H]2O1. The normalized spacial score (nSPS) is 43.9. The molecule has 2 aliphatic heterocycles. The van der Waals surface area contributed by atoms with Crippen molar-refractivity contribution in [1.82, 2.24) is 0 Å². The lowest BCUT2D eigenvalue weighted by Crippen LogP contribution is -2.57. The highest BCUT2D eigenvalue weighted by Crippen LogP contribution is 2.36. The molecule has 0 spiro atoms. The van der Waals surface area contributed by atoms with E-state index < -0.39 is 36.5 Å². The van der Waals surface area contributed by atoms with Crippen molar-refractivity contribution < 1.29 is 24.4 Å². The van der Waals surface area contributed by atoms with Crippen molar-refractivity contribution in [3.05, 3.63) is 10.4 Å². The molecule has 0 radical (unpaired) electrons. The van der Waals surface area contributed by atoms with Gasteiger partial charge >= 0.3 is 0 Å². The van der Waals surface area contributed by atoms with Crippen LogP contribution in [0.5, 0.6) is 0 Å². The van der Waals surface area contributed by atoms with E-state index >= 15 is 0 Å². The summed E-state index contributed by atoms with van der Waals surface area (Å²) in [6.07, 6.45) is -4.59. The number of azide groups is 1. The molecule has 2 aliphatic rings. The zero-order chi connectivity index (χ0) is 12.6. The van der Waals surface area contributed by atoms with Crippen LogP contribution >= 0.6 is 0 Å². The maximum absolute atomic E-state index is 9.88. The van der Waals surface area contributed by atoms with E-state index in [1.165, 1.54) is 0 Å². The summed E-state index contributed by atoms with van der Waals surface area (Å²) in [7, 11) is 0. The van der Waals surface area contributed by atoms with Gasteiger partial charge in [0.15, 0.2) is 12.1 Å². The van der Waals surface area contributed by atoms with E-state index in [0.717, 1.165) is 0 Å². The van der Waals surface area contributed by atoms with Gasteiger partial charge in [0.25, 0.3) is 0 Å². The van der Waals surface area contributed by atoms with Crippen molar-refractivity contribution in [1.29, 1.82) is 0 Å². The third-order valence-electron chi connectivity index (χ3n) is 2.79. The lowest BCUT2D eigenvalue weighted by atomic mass is 9.99. The van der Waals surface area contributed by atoms with Crippen LogP contribution in [0.4, 0.5) is 0 Å². The average Bonchev–Trinajstić information content (AvgIpc) is 2.57. The molecular weight excluding hydrogens is 230 g/mol. The molecule has 0 amide bonds. The Bertz CT molecular complexity index is 344. The molecule has 0 bridgehead atoms. The molecule has 2 rings (SSSR count). The van der Waals surface area contributed by atoms with Crippen LogP contribution in [-0.4, -0.2) is 53.3 Å². The second kappa shape index (κ2) is 4.41. The molecule has 0 aromatic carbocycles. The summed E-state index contributed by atoms with van der Waals surface area (Å²) in [5.41, 5.74) is 8.22. The number of aliphatic hydroxyl groups excluding tert-OH is 2. The van der Waals surface area contributed by atoms with Crippen LogP contribution in [0, 0.1) is 0 Å². The molecule has 2 heterocycles. The van der Waals surface area contributed by atoms with E-state index in [2.05, 4.69) is 10.0 Å². The van der Waals surface area contributed by atoms with E-state index in [9.17, 15) is 10.2 Å². The van der Waals surface area contributed by atoms with Crippen molar-refractivity contribution in [2.75, 3.05) is 6.54 Å². The molecule has 17 heavy (non-hydrogen) atoms. The van der Waals surface area contributed by atoms with Crippen LogP contribution in [0.2, 0.25) is 0 Å². The predicted octanol–water partition coefficient (Wildman–Crippen LogP) is -0.105. The van der Waals surface area contributed by atoms with Gasteiger partial charge in [0.2, 0.25) is 0 Å². The van der Waals surface area contributed by atoms with Gasteiger partial charge in [0.1, 0.15) is 18.3 Å². The largest absolute Gasteiger partial charge is 0.388 e. The minimum atomic E-state index is -1.17. The zero-order valence-electron chi connectivity index (χ0n) is 9.55. The van der Waals surface area contributed by atoms with Crippen molar-refractivity contribution in [3.8, 4) is 0 Å². The number of ether oxygens (including phenoxy) is 3. The first-order chi connectivity index (χ1) is 7.94. The smallest absolute Gasteiger partial charge is 0.190 e. The Morgan fingerprint density at radius 3 is 2.65 bits per heavy atom. The summed E-state index contributed by atoms with van der Waals surface area (Å²) in [6, 6.07) is 0. The first-order valence-corrected chi connectivity index (χ1v) is 5.33. The molecule has 0 aliphatic carbocycles. The van der Waals surface area contributed by atoms with Crippen molar-refractivity contribution in [2.24, 2.45) is 5.11 Å². The molecule has 2 N–H and O–H groups in total. The molecule has 0 unspecified atom stereocenters. The van der Waals surface area contributed by atoms with Crippen LogP contribution < -0.4 is 0 Å². The fourth-order valence-corrected chi connectivity index (χ4v) is 2.03. The van der Waals surface area contributed by atoms with Gasteiger partial charge in [0, 0.05) is 4.91 Å². The lowest BCUT2D eigenvalue weighted by Gasteiger charge is -2.37. The van der Waals surface area contributed by atoms with Crippen LogP contribution in [0.3, 0.4) is 0 Å². The van der Waals surface area contributed by atoms with Gasteiger partial charge in [-0.1, -0.05) is 5.11 Å². The molecule has 2 fully saturated rings. The van der Waals surface area contributed by atoms with Gasteiger partial charge in [0.05, 0.1) is 12.6 Å². The van der Waals surface area contributed by atoms with Gasteiger partial charge in [-0.15, -0.1) is 0 Å². The third kappa shape index (κ3) is 2.37. The Hall–Kier alpha value is -0.890. The van der Waals surface area contributed by atoms with Crippen molar-refractivity contribution in [3.63, 3.8) is 0 Å². The molecule has 0 aromatic rings. The maximum atomic E-state index is 9.88. The second-order valence-electron chi connectivity index (χ2n) is 4.54. The van der Waals surface area contributed by atoms with Crippen LogP contribution in [0.15, 0.2) is 5.11 Å². The quantitative estimate of drug-likeness (QED) is 0.400.